The first-order valence-corrected chi connectivity index (χ1v) is 7.58. The van der Waals surface area contributed by atoms with Crippen molar-refractivity contribution in [2.24, 2.45) is 0 Å². The van der Waals surface area contributed by atoms with E-state index in [-0.39, 0.29) is 42.4 Å². The van der Waals surface area contributed by atoms with Crippen molar-refractivity contribution in [3.05, 3.63) is 29.8 Å². The number of halogens is 1. The number of nitrogen functional groups attached to an aromatic ring is 1. The van der Waals surface area contributed by atoms with E-state index in [2.05, 4.69) is 0 Å². The molecule has 1 amide bonds. The number of nitrogens with zero attached hydrogens (tertiary/aromatic N) is 1. The molecule has 1 heterocycles. The van der Waals surface area contributed by atoms with Gasteiger partial charge in [0.05, 0.1) is 11.5 Å². The van der Waals surface area contributed by atoms with E-state index in [0.717, 1.165) is 0 Å². The van der Waals surface area contributed by atoms with Gasteiger partial charge in [-0.2, -0.15) is 0 Å². The maximum absolute atomic E-state index is 12.2. The van der Waals surface area contributed by atoms with E-state index < -0.39 is 9.84 Å². The van der Waals surface area contributed by atoms with E-state index in [9.17, 15) is 13.2 Å². The van der Waals surface area contributed by atoms with Gasteiger partial charge in [-0.05, 0) is 31.2 Å². The Kier molecular flexibility index (Phi) is 4.81. The molecule has 5 nitrogen and oxygen atoms in total. The third-order valence-corrected chi connectivity index (χ3v) is 4.88. The molecular weight excluding hydrogens is 288 g/mol. The first-order valence-electron chi connectivity index (χ1n) is 5.76. The van der Waals surface area contributed by atoms with Crippen molar-refractivity contribution in [3.8, 4) is 0 Å². The van der Waals surface area contributed by atoms with Crippen LogP contribution in [0.25, 0.3) is 0 Å². The normalized spacial score (nSPS) is 21.5. The Balaban J connectivity index is 0.00000180. The fourth-order valence-corrected chi connectivity index (χ4v) is 3.65. The third-order valence-electron chi connectivity index (χ3n) is 3.09. The van der Waals surface area contributed by atoms with Crippen LogP contribution in [0.2, 0.25) is 0 Å². The summed E-state index contributed by atoms with van der Waals surface area (Å²) in [6.07, 6.45) is 0. The van der Waals surface area contributed by atoms with Gasteiger partial charge in [0, 0.05) is 23.8 Å². The number of anilines is 1. The standard InChI is InChI=1S/C12H16N2O3S.ClH/c1-9-8-18(16,17)7-6-14(9)12(15)10-2-4-11(13)5-3-10;/h2-5,9H,6-8,13H2,1H3;1H. The molecular formula is C12H17ClN2O3S. The molecule has 1 saturated heterocycles. The largest absolute Gasteiger partial charge is 0.399 e. The quantitative estimate of drug-likeness (QED) is 0.783. The molecule has 2 rings (SSSR count). The highest BCUT2D eigenvalue weighted by molar-refractivity contribution is 7.91. The topological polar surface area (TPSA) is 80.5 Å². The Labute approximate surface area is 119 Å². The smallest absolute Gasteiger partial charge is 0.254 e. The maximum Gasteiger partial charge on any atom is 0.254 e. The molecule has 1 fully saturated rings. The zero-order valence-electron chi connectivity index (χ0n) is 10.6. The average molecular weight is 305 g/mol. The number of hydrogen-bond donors (Lipinski definition) is 1. The molecule has 0 bridgehead atoms. The van der Waals surface area contributed by atoms with Gasteiger partial charge in [-0.1, -0.05) is 0 Å². The molecule has 2 N–H and O–H groups in total. The minimum Gasteiger partial charge on any atom is -0.399 e. The van der Waals surface area contributed by atoms with Gasteiger partial charge in [-0.15, -0.1) is 12.4 Å². The third kappa shape index (κ3) is 3.61. The molecule has 0 saturated carbocycles. The Morgan fingerprint density at radius 2 is 1.89 bits per heavy atom. The molecule has 19 heavy (non-hydrogen) atoms. The number of amides is 1. The molecule has 106 valence electrons. The van der Waals surface area contributed by atoms with Crippen molar-refractivity contribution in [3.63, 3.8) is 0 Å². The molecule has 0 aromatic heterocycles. The number of carbonyl (C=O) groups is 1. The van der Waals surface area contributed by atoms with E-state index in [1.54, 1.807) is 36.1 Å². The first kappa shape index (κ1) is 15.8. The molecule has 1 aromatic rings. The predicted octanol–water partition coefficient (Wildman–Crippen LogP) is 0.950. The predicted molar refractivity (Wildman–Crippen MR) is 77.3 cm³/mol. The number of carbonyl (C=O) groups excluding carboxylic acids is 1. The summed E-state index contributed by atoms with van der Waals surface area (Å²) in [4.78, 5) is 13.8. The van der Waals surface area contributed by atoms with Crippen LogP contribution < -0.4 is 5.73 Å². The van der Waals surface area contributed by atoms with E-state index in [1.165, 1.54) is 0 Å². The lowest BCUT2D eigenvalue weighted by atomic mass is 10.1. The zero-order valence-corrected chi connectivity index (χ0v) is 12.2. The maximum atomic E-state index is 12.2. The van der Waals surface area contributed by atoms with Crippen molar-refractivity contribution < 1.29 is 13.2 Å². The van der Waals surface area contributed by atoms with Crippen LogP contribution >= 0.6 is 12.4 Å². The summed E-state index contributed by atoms with van der Waals surface area (Å²) >= 11 is 0. The van der Waals surface area contributed by atoms with E-state index in [4.69, 9.17) is 5.73 Å². The Bertz CT molecular complexity index is 557. The van der Waals surface area contributed by atoms with Gasteiger partial charge in [-0.25, -0.2) is 8.42 Å². The van der Waals surface area contributed by atoms with E-state index >= 15 is 0 Å². The average Bonchev–Trinajstić information content (AvgIpc) is 2.28. The Morgan fingerprint density at radius 3 is 2.42 bits per heavy atom. The van der Waals surface area contributed by atoms with Crippen LogP contribution in [0.5, 0.6) is 0 Å². The summed E-state index contributed by atoms with van der Waals surface area (Å²) < 4.78 is 22.9. The SMILES string of the molecule is CC1CS(=O)(=O)CCN1C(=O)c1ccc(N)cc1.Cl. The highest BCUT2D eigenvalue weighted by Gasteiger charge is 2.31. The molecule has 1 aromatic carbocycles. The van der Waals surface area contributed by atoms with Crippen LogP contribution in [-0.4, -0.2) is 43.3 Å². The van der Waals surface area contributed by atoms with Gasteiger partial charge in [0.2, 0.25) is 0 Å². The number of nitrogens with two attached hydrogens (primary N) is 1. The van der Waals surface area contributed by atoms with Crippen molar-refractivity contribution in [2.75, 3.05) is 23.8 Å². The summed E-state index contributed by atoms with van der Waals surface area (Å²) in [5.41, 5.74) is 6.70. The molecule has 7 heteroatoms. The van der Waals surface area contributed by atoms with Gasteiger partial charge in [-0.3, -0.25) is 4.79 Å². The van der Waals surface area contributed by atoms with Gasteiger partial charge >= 0.3 is 0 Å². The molecule has 1 aliphatic rings. The van der Waals surface area contributed by atoms with E-state index in [0.29, 0.717) is 11.3 Å². The van der Waals surface area contributed by atoms with Crippen LogP contribution in [0.3, 0.4) is 0 Å². The lowest BCUT2D eigenvalue weighted by molar-refractivity contribution is 0.0712. The van der Waals surface area contributed by atoms with E-state index in [1.807, 2.05) is 0 Å². The molecule has 1 atom stereocenters. The lowest BCUT2D eigenvalue weighted by Gasteiger charge is -2.33. The lowest BCUT2D eigenvalue weighted by Crippen LogP contribution is -2.49. The second-order valence-corrected chi connectivity index (χ2v) is 6.81. The van der Waals surface area contributed by atoms with Crippen LogP contribution in [0.1, 0.15) is 17.3 Å². The van der Waals surface area contributed by atoms with Crippen molar-refractivity contribution in [1.29, 1.82) is 0 Å². The Morgan fingerprint density at radius 1 is 1.32 bits per heavy atom. The summed E-state index contributed by atoms with van der Waals surface area (Å²) in [5, 5.41) is 0. The fraction of sp³-hybridized carbons (Fsp3) is 0.417. The van der Waals surface area contributed by atoms with Crippen molar-refractivity contribution in [1.82, 2.24) is 4.90 Å². The van der Waals surface area contributed by atoms with Crippen LogP contribution in [-0.2, 0) is 9.84 Å². The van der Waals surface area contributed by atoms with Crippen molar-refractivity contribution >= 4 is 33.8 Å². The monoisotopic (exact) mass is 304 g/mol. The second-order valence-electron chi connectivity index (χ2n) is 4.58. The summed E-state index contributed by atoms with van der Waals surface area (Å²) in [6, 6.07) is 6.37. The van der Waals surface area contributed by atoms with Gasteiger partial charge in [0.15, 0.2) is 9.84 Å². The van der Waals surface area contributed by atoms with Crippen LogP contribution in [0.15, 0.2) is 24.3 Å². The van der Waals surface area contributed by atoms with Gasteiger partial charge in [0.1, 0.15) is 0 Å². The molecule has 0 radical (unpaired) electrons. The minimum absolute atomic E-state index is 0. The van der Waals surface area contributed by atoms with Crippen molar-refractivity contribution in [2.45, 2.75) is 13.0 Å². The summed E-state index contributed by atoms with van der Waals surface area (Å²) in [7, 11) is -3.00. The number of hydrogen-bond acceptors (Lipinski definition) is 4. The molecule has 1 aliphatic heterocycles. The van der Waals surface area contributed by atoms with Crippen LogP contribution in [0, 0.1) is 0 Å². The summed E-state index contributed by atoms with van der Waals surface area (Å²) in [5.74, 6) is -0.0661. The first-order chi connectivity index (χ1) is 8.39. The highest BCUT2D eigenvalue weighted by Crippen LogP contribution is 2.16. The van der Waals surface area contributed by atoms with Crippen LogP contribution in [0.4, 0.5) is 5.69 Å². The second kappa shape index (κ2) is 5.79. The summed E-state index contributed by atoms with van der Waals surface area (Å²) in [6.45, 7) is 2.01. The fourth-order valence-electron chi connectivity index (χ4n) is 2.09. The van der Waals surface area contributed by atoms with Gasteiger partial charge < -0.3 is 10.6 Å². The molecule has 0 aliphatic carbocycles. The minimum atomic E-state index is -3.00. The molecule has 0 spiro atoms. The van der Waals surface area contributed by atoms with Gasteiger partial charge in [0.25, 0.3) is 5.91 Å². The number of sulfone groups is 1. The Hall–Kier alpha value is -1.27. The molecule has 1 unspecified atom stereocenters. The number of benzene rings is 1. The number of rotatable bonds is 1. The highest BCUT2D eigenvalue weighted by atomic mass is 35.5. The zero-order chi connectivity index (χ0) is 13.3.